The van der Waals surface area contributed by atoms with Gasteiger partial charge in [0.05, 0.1) is 12.2 Å². The van der Waals surface area contributed by atoms with Crippen LogP contribution in [0, 0.1) is 5.82 Å². The molecule has 0 bridgehead atoms. The van der Waals surface area contributed by atoms with Gasteiger partial charge in [-0.3, -0.25) is 4.79 Å². The SMILES string of the molecule is CC(C)N1CC(c2cc(OCc3ccccc3F)ncn2)=C(O)C1=O. The van der Waals surface area contributed by atoms with E-state index in [1.807, 2.05) is 13.8 Å². The highest BCUT2D eigenvalue weighted by atomic mass is 19.1. The average Bonchev–Trinajstić information content (AvgIpc) is 2.90. The molecule has 1 amide bonds. The van der Waals surface area contributed by atoms with E-state index in [1.165, 1.54) is 18.5 Å². The van der Waals surface area contributed by atoms with Crippen LogP contribution in [-0.4, -0.2) is 38.5 Å². The third kappa shape index (κ3) is 3.45. The smallest absolute Gasteiger partial charge is 0.289 e. The molecule has 0 saturated heterocycles. The first kappa shape index (κ1) is 16.9. The lowest BCUT2D eigenvalue weighted by Gasteiger charge is -2.20. The third-order valence-corrected chi connectivity index (χ3v) is 3.99. The van der Waals surface area contributed by atoms with Gasteiger partial charge < -0.3 is 14.7 Å². The van der Waals surface area contributed by atoms with Crippen LogP contribution in [0.5, 0.6) is 5.88 Å². The number of aromatic nitrogens is 2. The van der Waals surface area contributed by atoms with E-state index in [9.17, 15) is 14.3 Å². The zero-order valence-corrected chi connectivity index (χ0v) is 13.9. The quantitative estimate of drug-likeness (QED) is 0.903. The minimum absolute atomic E-state index is 0.0191. The minimum atomic E-state index is -0.419. The molecule has 3 rings (SSSR count). The molecule has 1 aliphatic rings. The van der Waals surface area contributed by atoms with Crippen molar-refractivity contribution in [2.75, 3.05) is 6.54 Å². The van der Waals surface area contributed by atoms with Crippen LogP contribution >= 0.6 is 0 Å². The van der Waals surface area contributed by atoms with Gasteiger partial charge in [-0.05, 0) is 19.9 Å². The first-order valence-corrected chi connectivity index (χ1v) is 7.89. The predicted molar refractivity (Wildman–Crippen MR) is 89.2 cm³/mol. The number of halogens is 1. The highest BCUT2D eigenvalue weighted by molar-refractivity contribution is 6.03. The van der Waals surface area contributed by atoms with Gasteiger partial charge in [0.2, 0.25) is 5.88 Å². The van der Waals surface area contributed by atoms with Gasteiger partial charge in [0, 0.05) is 23.2 Å². The van der Waals surface area contributed by atoms with Gasteiger partial charge in [-0.1, -0.05) is 18.2 Å². The number of hydrogen-bond acceptors (Lipinski definition) is 5. The Balaban J connectivity index is 1.78. The fourth-order valence-corrected chi connectivity index (χ4v) is 2.55. The maximum absolute atomic E-state index is 13.6. The molecule has 1 aliphatic heterocycles. The summed E-state index contributed by atoms with van der Waals surface area (Å²) in [5.74, 6) is -0.847. The standard InChI is InChI=1S/C18H18FN3O3/c1-11(2)22-8-13(17(23)18(22)24)15-7-16(21-10-20-15)25-9-12-5-3-4-6-14(12)19/h3-7,10-11,23H,8-9H2,1-2H3. The minimum Gasteiger partial charge on any atom is -0.503 e. The summed E-state index contributed by atoms with van der Waals surface area (Å²) >= 11 is 0. The maximum Gasteiger partial charge on any atom is 0.289 e. The number of nitrogens with zero attached hydrogens (tertiary/aromatic N) is 3. The lowest BCUT2D eigenvalue weighted by atomic mass is 10.2. The van der Waals surface area contributed by atoms with E-state index >= 15 is 0 Å². The molecule has 0 saturated carbocycles. The molecule has 2 heterocycles. The van der Waals surface area contributed by atoms with E-state index < -0.39 is 5.91 Å². The van der Waals surface area contributed by atoms with Crippen molar-refractivity contribution < 1.29 is 19.0 Å². The predicted octanol–water partition coefficient (Wildman–Crippen LogP) is 2.71. The van der Waals surface area contributed by atoms with Crippen molar-refractivity contribution in [3.8, 4) is 5.88 Å². The number of amides is 1. The van der Waals surface area contributed by atoms with Crippen LogP contribution in [-0.2, 0) is 11.4 Å². The number of benzene rings is 1. The Kier molecular flexibility index (Phi) is 4.65. The monoisotopic (exact) mass is 343 g/mol. The fourth-order valence-electron chi connectivity index (χ4n) is 2.55. The highest BCUT2D eigenvalue weighted by Crippen LogP contribution is 2.27. The van der Waals surface area contributed by atoms with Crippen LogP contribution < -0.4 is 4.74 Å². The topological polar surface area (TPSA) is 75.6 Å². The van der Waals surface area contributed by atoms with Crippen LogP contribution in [0.1, 0.15) is 25.1 Å². The Morgan fingerprint density at radius 1 is 1.32 bits per heavy atom. The second-order valence-electron chi connectivity index (χ2n) is 5.98. The molecule has 0 unspecified atom stereocenters. The molecule has 2 aromatic rings. The van der Waals surface area contributed by atoms with Crippen LogP contribution in [0.25, 0.3) is 5.57 Å². The third-order valence-electron chi connectivity index (χ3n) is 3.99. The van der Waals surface area contributed by atoms with E-state index in [2.05, 4.69) is 9.97 Å². The fraction of sp³-hybridized carbons (Fsp3) is 0.278. The van der Waals surface area contributed by atoms with Crippen molar-refractivity contribution in [2.24, 2.45) is 0 Å². The van der Waals surface area contributed by atoms with Gasteiger partial charge in [0.1, 0.15) is 18.8 Å². The number of ether oxygens (including phenoxy) is 1. The van der Waals surface area contributed by atoms with Gasteiger partial charge in [0.25, 0.3) is 5.91 Å². The summed E-state index contributed by atoms with van der Waals surface area (Å²) < 4.78 is 19.1. The Hall–Kier alpha value is -2.96. The highest BCUT2D eigenvalue weighted by Gasteiger charge is 2.33. The van der Waals surface area contributed by atoms with Crippen LogP contribution in [0.4, 0.5) is 4.39 Å². The zero-order valence-electron chi connectivity index (χ0n) is 13.9. The van der Waals surface area contributed by atoms with Crippen LogP contribution in [0.3, 0.4) is 0 Å². The van der Waals surface area contributed by atoms with E-state index in [0.29, 0.717) is 16.8 Å². The number of aliphatic hydroxyl groups excluding tert-OH is 1. The van der Waals surface area contributed by atoms with E-state index in [4.69, 9.17) is 4.74 Å². The van der Waals surface area contributed by atoms with E-state index in [1.54, 1.807) is 23.1 Å². The first-order valence-electron chi connectivity index (χ1n) is 7.89. The molecule has 0 spiro atoms. The van der Waals surface area contributed by atoms with Crippen LogP contribution in [0.2, 0.25) is 0 Å². The molecule has 0 fully saturated rings. The lowest BCUT2D eigenvalue weighted by molar-refractivity contribution is -0.129. The number of carbonyl (C=O) groups excluding carboxylic acids is 1. The molecular weight excluding hydrogens is 325 g/mol. The Labute approximate surface area is 144 Å². The molecule has 0 radical (unpaired) electrons. The molecule has 7 heteroatoms. The largest absolute Gasteiger partial charge is 0.503 e. The number of aliphatic hydroxyl groups is 1. The molecule has 25 heavy (non-hydrogen) atoms. The summed E-state index contributed by atoms with van der Waals surface area (Å²) in [6.07, 6.45) is 1.29. The lowest BCUT2D eigenvalue weighted by Crippen LogP contribution is -2.33. The van der Waals surface area contributed by atoms with Crippen molar-refractivity contribution in [2.45, 2.75) is 26.5 Å². The van der Waals surface area contributed by atoms with Gasteiger partial charge in [-0.15, -0.1) is 0 Å². The van der Waals surface area contributed by atoms with Gasteiger partial charge in [-0.25, -0.2) is 14.4 Å². The molecule has 0 aliphatic carbocycles. The average molecular weight is 343 g/mol. The molecular formula is C18H18FN3O3. The molecule has 1 aromatic carbocycles. The zero-order chi connectivity index (χ0) is 18.0. The Bertz CT molecular complexity index is 836. The van der Waals surface area contributed by atoms with Crippen molar-refractivity contribution in [1.82, 2.24) is 14.9 Å². The van der Waals surface area contributed by atoms with Crippen molar-refractivity contribution in [3.05, 3.63) is 59.5 Å². The van der Waals surface area contributed by atoms with Crippen molar-refractivity contribution >= 4 is 11.5 Å². The summed E-state index contributed by atoms with van der Waals surface area (Å²) in [6, 6.07) is 7.81. The Morgan fingerprint density at radius 3 is 2.76 bits per heavy atom. The molecule has 1 N–H and O–H groups in total. The second-order valence-corrected chi connectivity index (χ2v) is 5.98. The normalized spacial score (nSPS) is 14.6. The molecule has 6 nitrogen and oxygen atoms in total. The Morgan fingerprint density at radius 2 is 2.08 bits per heavy atom. The summed E-state index contributed by atoms with van der Waals surface area (Å²) in [7, 11) is 0. The number of carbonyl (C=O) groups is 1. The van der Waals surface area contributed by atoms with E-state index in [-0.39, 0.29) is 36.6 Å². The number of hydrogen-bond donors (Lipinski definition) is 1. The van der Waals surface area contributed by atoms with E-state index in [0.717, 1.165) is 0 Å². The van der Waals surface area contributed by atoms with Crippen LogP contribution in [0.15, 0.2) is 42.4 Å². The van der Waals surface area contributed by atoms with Gasteiger partial charge >= 0.3 is 0 Å². The molecule has 1 aromatic heterocycles. The summed E-state index contributed by atoms with van der Waals surface area (Å²) in [5.41, 5.74) is 1.25. The molecule has 0 atom stereocenters. The van der Waals surface area contributed by atoms with Gasteiger partial charge in [0.15, 0.2) is 5.76 Å². The summed E-state index contributed by atoms with van der Waals surface area (Å²) in [6.45, 7) is 4.03. The maximum atomic E-state index is 13.6. The first-order chi connectivity index (χ1) is 12.0. The summed E-state index contributed by atoms with van der Waals surface area (Å²) in [5, 5.41) is 10.1. The van der Waals surface area contributed by atoms with Crippen molar-refractivity contribution in [3.63, 3.8) is 0 Å². The van der Waals surface area contributed by atoms with Gasteiger partial charge in [-0.2, -0.15) is 0 Å². The van der Waals surface area contributed by atoms with Crippen molar-refractivity contribution in [1.29, 1.82) is 0 Å². The number of rotatable bonds is 5. The molecule has 130 valence electrons. The second kappa shape index (κ2) is 6.88. The summed E-state index contributed by atoms with van der Waals surface area (Å²) in [4.78, 5) is 21.7.